The summed E-state index contributed by atoms with van der Waals surface area (Å²) in [4.78, 5) is 27.6. The van der Waals surface area contributed by atoms with Crippen LogP contribution in [0.3, 0.4) is 0 Å². The van der Waals surface area contributed by atoms with E-state index in [1.165, 1.54) is 11.6 Å². The van der Waals surface area contributed by atoms with Gasteiger partial charge in [0.05, 0.1) is 17.4 Å². The molecule has 0 unspecified atom stereocenters. The van der Waals surface area contributed by atoms with Gasteiger partial charge < -0.3 is 5.32 Å². The number of aryl methyl sites for hydroxylation is 1. The fourth-order valence-corrected chi connectivity index (χ4v) is 5.51. The van der Waals surface area contributed by atoms with Crippen LogP contribution in [0.4, 0.5) is 24.5 Å². The highest BCUT2D eigenvalue weighted by Crippen LogP contribution is 2.48. The van der Waals surface area contributed by atoms with Crippen LogP contribution in [0.25, 0.3) is 0 Å². The largest absolute Gasteiger partial charge is 0.471 e. The third-order valence-electron chi connectivity index (χ3n) is 7.59. The maximum atomic E-state index is 14.0. The van der Waals surface area contributed by atoms with E-state index in [1.54, 1.807) is 42.5 Å². The van der Waals surface area contributed by atoms with Gasteiger partial charge in [-0.1, -0.05) is 87.0 Å². The van der Waals surface area contributed by atoms with Gasteiger partial charge in [0.2, 0.25) is 0 Å². The lowest BCUT2D eigenvalue weighted by molar-refractivity contribution is -0.170. The van der Waals surface area contributed by atoms with Crippen molar-refractivity contribution in [3.63, 3.8) is 0 Å². The number of hydrogen-bond acceptors (Lipinski definition) is 3. The number of carbonyl (C=O) groups is 2. The molecule has 0 saturated heterocycles. The third-order valence-corrected chi connectivity index (χ3v) is 7.59. The number of halogens is 3. The predicted octanol–water partition coefficient (Wildman–Crippen LogP) is 7.76. The highest BCUT2D eigenvalue weighted by molar-refractivity contribution is 6.07. The SMILES string of the molecule is Cc1ccc([C@H]2C3=C(C[C@@H](c4ccc(C(C)(C)C)cc4)CC3=O)Nc3ccccc3N2C(=O)C(F)(F)F)cc1. The van der Waals surface area contributed by atoms with Crippen molar-refractivity contribution in [2.75, 3.05) is 10.2 Å². The predicted molar refractivity (Wildman–Crippen MR) is 147 cm³/mol. The smallest absolute Gasteiger partial charge is 0.357 e. The number of ketones is 1. The third kappa shape index (κ3) is 5.10. The lowest BCUT2D eigenvalue weighted by Crippen LogP contribution is -2.45. The van der Waals surface area contributed by atoms with E-state index >= 15 is 0 Å². The molecule has 4 nitrogen and oxygen atoms in total. The summed E-state index contributed by atoms with van der Waals surface area (Å²) in [5.41, 5.74) is 4.72. The van der Waals surface area contributed by atoms with Gasteiger partial charge in [-0.2, -0.15) is 13.2 Å². The van der Waals surface area contributed by atoms with E-state index in [-0.39, 0.29) is 34.8 Å². The van der Waals surface area contributed by atoms with Gasteiger partial charge in [0.1, 0.15) is 0 Å². The van der Waals surface area contributed by atoms with Crippen molar-refractivity contribution >= 4 is 23.1 Å². The second-order valence-corrected chi connectivity index (χ2v) is 11.4. The molecule has 0 radical (unpaired) electrons. The molecule has 0 spiro atoms. The maximum absolute atomic E-state index is 14.0. The normalized spacial score (nSPS) is 19.7. The quantitative estimate of drug-likeness (QED) is 0.367. The summed E-state index contributed by atoms with van der Waals surface area (Å²) in [6.45, 7) is 8.28. The van der Waals surface area contributed by atoms with E-state index in [0.29, 0.717) is 23.4 Å². The lowest BCUT2D eigenvalue weighted by Gasteiger charge is -2.35. The van der Waals surface area contributed by atoms with Crippen LogP contribution in [0.2, 0.25) is 0 Å². The minimum atomic E-state index is -5.13. The molecule has 0 fully saturated rings. The van der Waals surface area contributed by atoms with Gasteiger partial charge in [-0.25, -0.2) is 0 Å². The zero-order valence-electron chi connectivity index (χ0n) is 22.4. The number of alkyl halides is 3. The molecular formula is C32H31F3N2O2. The first-order valence-electron chi connectivity index (χ1n) is 13.0. The van der Waals surface area contributed by atoms with Crippen molar-refractivity contribution in [2.45, 2.75) is 64.1 Å². The number of anilines is 2. The van der Waals surface area contributed by atoms with Crippen molar-refractivity contribution in [1.29, 1.82) is 0 Å². The molecule has 1 heterocycles. The average molecular weight is 533 g/mol. The number of para-hydroxylation sites is 2. The summed E-state index contributed by atoms with van der Waals surface area (Å²) in [6.07, 6.45) is -4.56. The zero-order valence-corrected chi connectivity index (χ0v) is 22.4. The molecule has 7 heteroatoms. The fourth-order valence-electron chi connectivity index (χ4n) is 5.51. The zero-order chi connectivity index (χ0) is 28.1. The van der Waals surface area contributed by atoms with E-state index in [1.807, 2.05) is 19.1 Å². The molecular weight excluding hydrogens is 501 g/mol. The van der Waals surface area contributed by atoms with Gasteiger partial charge in [0.15, 0.2) is 5.78 Å². The van der Waals surface area contributed by atoms with Gasteiger partial charge in [-0.3, -0.25) is 14.5 Å². The van der Waals surface area contributed by atoms with E-state index in [4.69, 9.17) is 0 Å². The Kier molecular flexibility index (Phi) is 6.65. The number of hydrogen-bond donors (Lipinski definition) is 1. The van der Waals surface area contributed by atoms with Crippen molar-refractivity contribution in [3.05, 3.63) is 106 Å². The first-order valence-corrected chi connectivity index (χ1v) is 13.0. The standard InChI is InChI=1S/C32H31F3N2O2/c1-19-9-11-21(12-10-19)29-28-25(36-24-7-5-6-8-26(24)37(29)30(39)32(33,34)35)17-22(18-27(28)38)20-13-15-23(16-14-20)31(2,3)4/h5-16,22,29,36H,17-18H2,1-4H3/t22-,29+/m1/s1. The highest BCUT2D eigenvalue weighted by atomic mass is 19.4. The van der Waals surface area contributed by atoms with Gasteiger partial charge >= 0.3 is 12.1 Å². The van der Waals surface area contributed by atoms with Gasteiger partial charge in [-0.05, 0) is 53.5 Å². The van der Waals surface area contributed by atoms with Gasteiger partial charge in [-0.15, -0.1) is 0 Å². The van der Waals surface area contributed by atoms with Crippen molar-refractivity contribution in [2.24, 2.45) is 0 Å². The number of carbonyl (C=O) groups excluding carboxylic acids is 2. The summed E-state index contributed by atoms with van der Waals surface area (Å²) in [6, 6.07) is 20.3. The summed E-state index contributed by atoms with van der Waals surface area (Å²) in [5.74, 6) is -2.43. The Morgan fingerprint density at radius 1 is 0.872 bits per heavy atom. The molecule has 1 amide bonds. The molecule has 1 aliphatic heterocycles. The molecule has 3 aromatic carbocycles. The van der Waals surface area contributed by atoms with Crippen LogP contribution in [-0.4, -0.2) is 17.9 Å². The topological polar surface area (TPSA) is 49.4 Å². The van der Waals surface area contributed by atoms with Crippen LogP contribution < -0.4 is 10.2 Å². The van der Waals surface area contributed by atoms with Crippen molar-refractivity contribution in [3.8, 4) is 0 Å². The van der Waals surface area contributed by atoms with Crippen LogP contribution >= 0.6 is 0 Å². The summed E-state index contributed by atoms with van der Waals surface area (Å²) in [7, 11) is 0. The monoisotopic (exact) mass is 532 g/mol. The number of nitrogens with one attached hydrogen (secondary N) is 1. The summed E-state index contributed by atoms with van der Waals surface area (Å²) >= 11 is 0. The molecule has 0 saturated carbocycles. The molecule has 0 aromatic heterocycles. The van der Waals surface area contributed by atoms with Gasteiger partial charge in [0, 0.05) is 17.7 Å². The second kappa shape index (κ2) is 9.70. The Labute approximate surface area is 226 Å². The van der Waals surface area contributed by atoms with E-state index in [0.717, 1.165) is 16.0 Å². The number of Topliss-reactive ketones (excluding diaryl/α,β-unsaturated/α-hetero) is 1. The van der Waals surface area contributed by atoms with E-state index in [2.05, 4.69) is 38.2 Å². The fraction of sp³-hybridized carbons (Fsp3) is 0.312. The second-order valence-electron chi connectivity index (χ2n) is 11.4. The lowest BCUT2D eigenvalue weighted by atomic mass is 9.77. The molecule has 5 rings (SSSR count). The number of fused-ring (bicyclic) bond motifs is 1. The first-order chi connectivity index (χ1) is 18.3. The Bertz CT molecular complexity index is 1450. The number of rotatable bonds is 2. The van der Waals surface area contributed by atoms with E-state index in [9.17, 15) is 22.8 Å². The van der Waals surface area contributed by atoms with Gasteiger partial charge in [0.25, 0.3) is 0 Å². The summed E-state index contributed by atoms with van der Waals surface area (Å²) in [5, 5.41) is 3.27. The Balaban J connectivity index is 1.67. The maximum Gasteiger partial charge on any atom is 0.471 e. The Morgan fingerprint density at radius 3 is 2.10 bits per heavy atom. The number of nitrogens with zero attached hydrogens (tertiary/aromatic N) is 1. The number of benzene rings is 3. The van der Waals surface area contributed by atoms with Crippen LogP contribution in [-0.2, 0) is 15.0 Å². The number of allylic oxidation sites excluding steroid dienone is 1. The molecule has 2 aliphatic rings. The van der Waals surface area contributed by atoms with Crippen LogP contribution in [0.5, 0.6) is 0 Å². The molecule has 1 aliphatic carbocycles. The minimum Gasteiger partial charge on any atom is -0.357 e. The average Bonchev–Trinajstić information content (AvgIpc) is 3.02. The molecule has 39 heavy (non-hydrogen) atoms. The Hall–Kier alpha value is -3.87. The van der Waals surface area contributed by atoms with Crippen LogP contribution in [0.15, 0.2) is 84.1 Å². The molecule has 3 aromatic rings. The van der Waals surface area contributed by atoms with Crippen molar-refractivity contribution < 1.29 is 22.8 Å². The molecule has 202 valence electrons. The van der Waals surface area contributed by atoms with Crippen molar-refractivity contribution in [1.82, 2.24) is 0 Å². The molecule has 2 atom stereocenters. The highest BCUT2D eigenvalue weighted by Gasteiger charge is 2.49. The molecule has 0 bridgehead atoms. The van der Waals surface area contributed by atoms with Crippen LogP contribution in [0.1, 0.15) is 67.8 Å². The minimum absolute atomic E-state index is 0.0150. The van der Waals surface area contributed by atoms with Crippen LogP contribution in [0, 0.1) is 6.92 Å². The van der Waals surface area contributed by atoms with E-state index < -0.39 is 18.1 Å². The Morgan fingerprint density at radius 2 is 1.49 bits per heavy atom. The molecule has 1 N–H and O–H groups in total. The first kappa shape index (κ1) is 26.7. The number of amides is 1. The summed E-state index contributed by atoms with van der Waals surface area (Å²) < 4.78 is 42.1.